The van der Waals surface area contributed by atoms with Crippen LogP contribution >= 0.6 is 107 Å². The predicted molar refractivity (Wildman–Crippen MR) is 477 cm³/mol. The number of rotatable bonds is 19. The number of thiol groups is 3. The van der Waals surface area contributed by atoms with Gasteiger partial charge in [0.25, 0.3) is 0 Å². The minimum Gasteiger partial charge on any atom is -0.460 e. The fraction of sp³-hybridized carbons (Fsp3) is 0.582. The summed E-state index contributed by atoms with van der Waals surface area (Å²) in [6.07, 6.45) is 11.9. The van der Waals surface area contributed by atoms with E-state index in [1.807, 2.05) is 16.1 Å². The minimum absolute atomic E-state index is 0.0745. The first-order valence-electron chi connectivity index (χ1n) is 39.3. The second kappa shape index (κ2) is 45.5. The van der Waals surface area contributed by atoms with Gasteiger partial charge in [0.1, 0.15) is 123 Å². The molecule has 0 unspecified atom stereocenters. The number of nitrogens with zero attached hydrogens (tertiary/aromatic N) is 8. The fourth-order valence-corrected chi connectivity index (χ4v) is 17.7. The van der Waals surface area contributed by atoms with Crippen LogP contribution in [-0.2, 0) is 102 Å². The Morgan fingerprint density at radius 1 is 0.529 bits per heavy atom. The number of alkyl carbamates (subject to hydrolysis) is 1. The van der Waals surface area contributed by atoms with Crippen LogP contribution < -0.4 is 37.2 Å². The first kappa shape index (κ1) is 98.3. The van der Waals surface area contributed by atoms with Crippen LogP contribution in [0.2, 0.25) is 0 Å². The summed E-state index contributed by atoms with van der Waals surface area (Å²) in [5.41, 5.74) is -3.05. The van der Waals surface area contributed by atoms with Gasteiger partial charge in [-0.15, -0.1) is 69.3 Å². The van der Waals surface area contributed by atoms with E-state index in [1.54, 1.807) is 120 Å². The van der Waals surface area contributed by atoms with Crippen LogP contribution in [-0.4, -0.2) is 222 Å². The number of thiazole rings is 3. The van der Waals surface area contributed by atoms with Crippen molar-refractivity contribution >= 4 is 194 Å². The molecule has 33 nitrogen and oxygen atoms in total. The lowest BCUT2D eigenvalue weighted by atomic mass is 10.0. The zero-order valence-electron chi connectivity index (χ0n) is 69.6. The van der Waals surface area contributed by atoms with E-state index in [0.29, 0.717) is 113 Å². The van der Waals surface area contributed by atoms with Crippen molar-refractivity contribution in [2.45, 2.75) is 250 Å². The molecule has 121 heavy (non-hydrogen) atoms. The molecule has 42 heteroatoms. The molecule has 6 aliphatic heterocycles. The third-order valence-electron chi connectivity index (χ3n) is 17.6. The number of amides is 7. The van der Waals surface area contributed by atoms with Gasteiger partial charge in [0.15, 0.2) is 0 Å². The summed E-state index contributed by atoms with van der Waals surface area (Å²) in [6, 6.07) is -3.23. The number of thioether (sulfide) groups is 3. The van der Waals surface area contributed by atoms with Crippen LogP contribution in [0.3, 0.4) is 0 Å². The van der Waals surface area contributed by atoms with Gasteiger partial charge in [-0.3, -0.25) is 48.5 Å². The molecule has 4 aromatic rings. The molecule has 0 aromatic carbocycles. The van der Waals surface area contributed by atoms with Gasteiger partial charge < -0.3 is 65.6 Å². The highest BCUT2D eigenvalue weighted by molar-refractivity contribution is 8.15. The standard InChI is InChI=1S/C27H34N6O6S3.C26H37N5O6S3.C26H36N4O6S3/c1-26(2,3)39-25(37)33-12-16(29-15-33)9-18-23(35)38-17(7-5-6-8-40)10-20(34)28-11-21-30-19(13-41-21)22-32-27(4,14-42-22)24(36)31-18;1-25(2,3)37-24(35)27-10-7-9-17-22(33)36-16(8-5-6-11-38)12-19(32)28-13-20-29-18(14-39-20)21-31-26(4,15-40-21)23(34)30-17;1-25(2,3)36-21(32)10-7-9-17-23(33)35-16(8-5-6-11-37)12-19(31)27-13-20-28-18(14-38-20)22-30-26(4,15-39-22)24(34)29-17/h5,7,12-13,15,17-18,40H,6,8-11,14H2,1-4H3,(H,28,34)(H,31,36);5,8,14,16-17,38H,6-7,9-13,15H2,1-4H3,(H,27,35)(H,28,32)(H,30,34);5,8,14,16-17,37H,6-7,9-13,15H2,1-4H3,(H,27,31)(H,29,34)/b7-5+;2*8-5+/t17-,18+,27+;2*16-,17+,26+/m111/s1. The van der Waals surface area contributed by atoms with Gasteiger partial charge in [-0.2, -0.15) is 37.9 Å². The van der Waals surface area contributed by atoms with Gasteiger partial charge in [-0.1, -0.05) is 18.2 Å². The fourth-order valence-electron chi connectivity index (χ4n) is 11.5. The Balaban J connectivity index is 0.000000226. The Hall–Kier alpha value is -8.13. The zero-order valence-corrected chi connectivity index (χ0v) is 77.2. The van der Waals surface area contributed by atoms with E-state index in [0.717, 1.165) is 0 Å². The highest BCUT2D eigenvalue weighted by Crippen LogP contribution is 2.36. The number of nitrogens with one attached hydrogen (secondary N) is 7. The zero-order chi connectivity index (χ0) is 88.5. The highest BCUT2D eigenvalue weighted by atomic mass is 32.2. The number of carbonyl (C=O) groups excluding carboxylic acids is 12. The summed E-state index contributed by atoms with van der Waals surface area (Å²) in [5.74, 6) is -1.88. The van der Waals surface area contributed by atoms with E-state index < -0.39 is 124 Å². The van der Waals surface area contributed by atoms with Crippen molar-refractivity contribution in [2.24, 2.45) is 15.0 Å². The number of cyclic esters (lactones) is 3. The molecule has 660 valence electrons. The van der Waals surface area contributed by atoms with Gasteiger partial charge in [0, 0.05) is 59.0 Å². The van der Waals surface area contributed by atoms with Crippen LogP contribution in [0.25, 0.3) is 0 Å². The molecule has 0 aliphatic carbocycles. The van der Waals surface area contributed by atoms with Crippen LogP contribution in [0.5, 0.6) is 0 Å². The summed E-state index contributed by atoms with van der Waals surface area (Å²) < 4.78 is 34.3. The molecule has 9 atom stereocenters. The van der Waals surface area contributed by atoms with E-state index in [4.69, 9.17) is 28.4 Å². The summed E-state index contributed by atoms with van der Waals surface area (Å²) in [6.45, 7) is 21.9. The number of esters is 4. The number of hydrogen-bond donors (Lipinski definition) is 10. The van der Waals surface area contributed by atoms with Crippen molar-refractivity contribution in [3.05, 3.63) is 103 Å². The monoisotopic (exact) mass is 1840 g/mol. The minimum atomic E-state index is -1.18. The first-order valence-corrected chi connectivity index (χ1v) is 46.8. The summed E-state index contributed by atoms with van der Waals surface area (Å²) in [5, 5.41) is 29.1. The first-order chi connectivity index (χ1) is 57.1. The highest BCUT2D eigenvalue weighted by Gasteiger charge is 2.45. The van der Waals surface area contributed by atoms with E-state index in [1.165, 1.54) is 86.4 Å². The van der Waals surface area contributed by atoms with Crippen LogP contribution in [0.1, 0.15) is 192 Å². The smallest absolute Gasteiger partial charge is 0.419 e. The van der Waals surface area contributed by atoms with Gasteiger partial charge in [0.05, 0.1) is 44.6 Å². The molecule has 0 radical (unpaired) electrons. The number of carbonyl (C=O) groups is 12. The van der Waals surface area contributed by atoms with E-state index in [-0.39, 0.29) is 95.3 Å². The lowest BCUT2D eigenvalue weighted by Gasteiger charge is -2.25. The molecule has 0 saturated carbocycles. The Morgan fingerprint density at radius 2 is 0.893 bits per heavy atom. The van der Waals surface area contributed by atoms with E-state index in [9.17, 15) is 57.5 Å². The summed E-state index contributed by atoms with van der Waals surface area (Å²) in [4.78, 5) is 187. The Labute approximate surface area is 744 Å². The maximum Gasteiger partial charge on any atom is 0.419 e. The number of aromatic nitrogens is 5. The summed E-state index contributed by atoms with van der Waals surface area (Å²) >= 11 is 21.0. The Kier molecular flexibility index (Phi) is 37.0. The molecule has 7 amide bonds. The van der Waals surface area contributed by atoms with Crippen molar-refractivity contribution in [3.8, 4) is 0 Å². The number of aliphatic imine (C=N–C) groups is 3. The molecule has 0 fully saturated rings. The topological polar surface area (TPSA) is 438 Å². The van der Waals surface area contributed by atoms with Crippen molar-refractivity contribution in [3.63, 3.8) is 0 Å². The second-order valence-electron chi connectivity index (χ2n) is 32.1. The second-order valence-corrected chi connectivity index (χ2v) is 39.2. The molecular weight excluding hydrogens is 1740 g/mol. The third-order valence-corrected chi connectivity index (χ3v) is 24.7. The number of allylic oxidation sites excluding steroid dienone is 3. The third kappa shape index (κ3) is 32.2. The number of fused-ring (bicyclic) bond motifs is 12. The molecule has 4 aromatic heterocycles. The summed E-state index contributed by atoms with van der Waals surface area (Å²) in [7, 11) is 0. The molecule has 0 saturated heterocycles. The quantitative estimate of drug-likeness (QED) is 0.0137. The Bertz CT molecular complexity index is 4560. The van der Waals surface area contributed by atoms with Gasteiger partial charge in [0.2, 0.25) is 35.4 Å². The lowest BCUT2D eigenvalue weighted by Crippen LogP contribution is -2.52. The van der Waals surface area contributed by atoms with Crippen molar-refractivity contribution in [2.75, 3.05) is 41.1 Å². The van der Waals surface area contributed by atoms with E-state index in [2.05, 4.69) is 110 Å². The molecule has 0 spiro atoms. The SMILES string of the molecule is CC(C)(C)OC(=O)CCC[C@@H]1NC(=O)[C@]2(C)CSC(=N2)c2csc(n2)CNC(=O)C[C@@H](/C=C/CCS)OC1=O.CC(C)(C)OC(=O)NCCC[C@@H]1NC(=O)[C@]2(C)CSC(=N2)c2csc(n2)CNC(=O)C[C@@H](/C=C/CCS)OC1=O.CC(C)(C)OC(=O)n1cnc(C[C@@H]2NC(=O)[C@]3(C)CSC(=N3)c3csc(n3)CNC(=O)C[C@@H](/C=C/CCS)OC2=O)c1. The molecule has 10 heterocycles. The maximum atomic E-state index is 13.6. The largest absolute Gasteiger partial charge is 0.460 e. The molecule has 6 aliphatic rings. The predicted octanol–water partition coefficient (Wildman–Crippen LogP) is 9.10. The van der Waals surface area contributed by atoms with E-state index >= 15 is 0 Å². The van der Waals surface area contributed by atoms with Gasteiger partial charge in [-0.05, 0) is 164 Å². The maximum absolute atomic E-state index is 13.6. The Morgan fingerprint density at radius 3 is 1.26 bits per heavy atom. The van der Waals surface area contributed by atoms with Crippen molar-refractivity contribution in [1.82, 2.24) is 61.7 Å². The number of ether oxygens (including phenoxy) is 6. The molecule has 12 bridgehead atoms. The van der Waals surface area contributed by atoms with Crippen molar-refractivity contribution in [1.29, 1.82) is 0 Å². The van der Waals surface area contributed by atoms with Crippen LogP contribution in [0.4, 0.5) is 9.59 Å². The normalized spacial score (nSPS) is 24.2. The average molecular weight is 1840 g/mol. The average Bonchev–Trinajstić information content (AvgIpc) is 1.66. The van der Waals surface area contributed by atoms with Gasteiger partial charge in [-0.25, -0.2) is 48.5 Å². The van der Waals surface area contributed by atoms with Crippen molar-refractivity contribution < 1.29 is 86.0 Å². The van der Waals surface area contributed by atoms with Crippen LogP contribution in [0, 0.1) is 0 Å². The molecule has 7 N–H and O–H groups in total. The molecule has 10 rings (SSSR count). The number of imidazole rings is 1. The number of hydrogen-bond acceptors (Lipinski definition) is 34. The lowest BCUT2D eigenvalue weighted by molar-refractivity contribution is -0.156. The van der Waals surface area contributed by atoms with Crippen LogP contribution in [0.15, 0.2) is 80.1 Å². The van der Waals surface area contributed by atoms with Gasteiger partial charge >= 0.3 is 36.1 Å². The molecular formula is C79H107N15O18S9.